The maximum Gasteiger partial charge on any atom is 0.279 e. The van der Waals surface area contributed by atoms with E-state index in [-0.39, 0.29) is 23.7 Å². The lowest BCUT2D eigenvalue weighted by Crippen LogP contribution is -2.40. The van der Waals surface area contributed by atoms with Crippen molar-refractivity contribution < 1.29 is 30.6 Å². The van der Waals surface area contributed by atoms with E-state index in [0.717, 1.165) is 29.0 Å². The molecule has 2 heterocycles. The number of carbonyl (C=O) groups excluding carboxylic acids is 1. The molecule has 1 aliphatic heterocycles. The number of carbonyl (C=O) groups is 1. The molecule has 2 aromatic rings. The normalized spacial score (nSPS) is 18.3. The number of halogens is 3. The minimum atomic E-state index is -3.63. The fraction of sp³-hybridized carbons (Fsp3) is 0.353. The first kappa shape index (κ1) is 23.4. The van der Waals surface area contributed by atoms with Crippen molar-refractivity contribution in [1.29, 1.82) is 0 Å². The van der Waals surface area contributed by atoms with Crippen molar-refractivity contribution in [1.82, 2.24) is 18.3 Å². The van der Waals surface area contributed by atoms with Gasteiger partial charge in [0.2, 0.25) is 0 Å². The number of nitrogens with zero attached hydrogens (tertiary/aromatic N) is 2. The van der Waals surface area contributed by atoms with Gasteiger partial charge in [-0.05, 0) is 18.6 Å². The quantitative estimate of drug-likeness (QED) is 0.547. The van der Waals surface area contributed by atoms with Crippen LogP contribution in [-0.4, -0.2) is 53.6 Å². The largest absolute Gasteiger partial charge is 0.343 e. The molecule has 2 atom stereocenters. The van der Waals surface area contributed by atoms with Gasteiger partial charge in [0.05, 0.1) is 0 Å². The molecule has 1 aromatic heterocycles. The summed E-state index contributed by atoms with van der Waals surface area (Å²) in [4.78, 5) is 12.1. The number of aromatic nitrogens is 1. The van der Waals surface area contributed by atoms with Crippen molar-refractivity contribution in [3.8, 4) is 0 Å². The van der Waals surface area contributed by atoms with Crippen LogP contribution in [0.5, 0.6) is 0 Å². The second-order valence-corrected chi connectivity index (χ2v) is 9.88. The van der Waals surface area contributed by atoms with Crippen LogP contribution in [0.2, 0.25) is 0 Å². The second kappa shape index (κ2) is 9.08. The van der Waals surface area contributed by atoms with Gasteiger partial charge in [-0.2, -0.15) is 12.7 Å². The third-order valence-electron chi connectivity index (χ3n) is 4.70. The van der Waals surface area contributed by atoms with Crippen molar-refractivity contribution in [3.63, 3.8) is 0 Å². The van der Waals surface area contributed by atoms with Gasteiger partial charge >= 0.3 is 0 Å². The third kappa shape index (κ3) is 4.98. The van der Waals surface area contributed by atoms with E-state index in [9.17, 15) is 30.6 Å². The summed E-state index contributed by atoms with van der Waals surface area (Å²) in [6.07, 6.45) is 1.53. The molecule has 0 bridgehead atoms. The zero-order valence-corrected chi connectivity index (χ0v) is 18.1. The fourth-order valence-electron chi connectivity index (χ4n) is 3.11. The molecule has 2 unspecified atom stereocenters. The van der Waals surface area contributed by atoms with Gasteiger partial charge in [-0.3, -0.25) is 4.79 Å². The van der Waals surface area contributed by atoms with E-state index in [4.69, 9.17) is 0 Å². The predicted molar refractivity (Wildman–Crippen MR) is 107 cm³/mol. The van der Waals surface area contributed by atoms with E-state index in [1.807, 2.05) is 0 Å². The SMILES string of the molecule is CNS(=O)(=O)N1CCC(NS(=O)c2cn(C)c(C(=O)Nc3ccc(F)c(F)c3)c2F)C1. The van der Waals surface area contributed by atoms with Crippen molar-refractivity contribution in [2.24, 2.45) is 7.05 Å². The average Bonchev–Trinajstić information content (AvgIpc) is 3.29. The highest BCUT2D eigenvalue weighted by atomic mass is 32.2. The van der Waals surface area contributed by atoms with Gasteiger partial charge < -0.3 is 9.88 Å². The Morgan fingerprint density at radius 3 is 2.58 bits per heavy atom. The molecule has 1 aromatic carbocycles. The molecule has 3 rings (SSSR count). The lowest BCUT2D eigenvalue weighted by atomic mass is 10.3. The fourth-order valence-corrected chi connectivity index (χ4v) is 5.22. The molecule has 0 spiro atoms. The summed E-state index contributed by atoms with van der Waals surface area (Å²) in [5.41, 5.74) is -0.539. The van der Waals surface area contributed by atoms with Gasteiger partial charge in [-0.15, -0.1) is 0 Å². The van der Waals surface area contributed by atoms with E-state index in [1.54, 1.807) is 0 Å². The minimum Gasteiger partial charge on any atom is -0.343 e. The molecule has 0 aliphatic carbocycles. The molecule has 0 saturated carbocycles. The molecule has 1 aliphatic rings. The maximum atomic E-state index is 14.9. The van der Waals surface area contributed by atoms with Crippen LogP contribution in [0.3, 0.4) is 0 Å². The highest BCUT2D eigenvalue weighted by Gasteiger charge is 2.32. The van der Waals surface area contributed by atoms with E-state index < -0.39 is 56.3 Å². The van der Waals surface area contributed by atoms with Crippen molar-refractivity contribution in [3.05, 3.63) is 47.5 Å². The van der Waals surface area contributed by atoms with Gasteiger partial charge in [-0.1, -0.05) is 0 Å². The Hall–Kier alpha value is -2.26. The number of hydrogen-bond acceptors (Lipinski definition) is 4. The molecule has 0 radical (unpaired) electrons. The first-order valence-corrected chi connectivity index (χ1v) is 11.6. The minimum absolute atomic E-state index is 0.0485. The number of rotatable bonds is 7. The van der Waals surface area contributed by atoms with Crippen molar-refractivity contribution >= 4 is 32.8 Å². The highest BCUT2D eigenvalue weighted by Crippen LogP contribution is 2.22. The summed E-state index contributed by atoms with van der Waals surface area (Å²) in [5.74, 6) is -4.27. The molecule has 9 nitrogen and oxygen atoms in total. The molecule has 31 heavy (non-hydrogen) atoms. The van der Waals surface area contributed by atoms with E-state index in [2.05, 4.69) is 14.8 Å². The molecule has 3 N–H and O–H groups in total. The number of hydrogen-bond donors (Lipinski definition) is 3. The number of amides is 1. The van der Waals surface area contributed by atoms with Gasteiger partial charge in [0, 0.05) is 51.2 Å². The summed E-state index contributed by atoms with van der Waals surface area (Å²) < 4.78 is 84.6. The van der Waals surface area contributed by atoms with Crippen molar-refractivity contribution in [2.45, 2.75) is 17.4 Å². The van der Waals surface area contributed by atoms with Crippen LogP contribution in [-0.2, 0) is 28.2 Å². The summed E-state index contributed by atoms with van der Waals surface area (Å²) in [5, 5.41) is 2.26. The maximum absolute atomic E-state index is 14.9. The highest BCUT2D eigenvalue weighted by molar-refractivity contribution is 7.87. The van der Waals surface area contributed by atoms with Crippen LogP contribution < -0.4 is 14.8 Å². The van der Waals surface area contributed by atoms with Crippen LogP contribution in [0.4, 0.5) is 18.9 Å². The first-order valence-electron chi connectivity index (χ1n) is 9.01. The summed E-state index contributed by atoms with van der Waals surface area (Å²) in [7, 11) is -3.05. The molecule has 1 saturated heterocycles. The topological polar surface area (TPSA) is 113 Å². The zero-order chi connectivity index (χ0) is 22.9. The second-order valence-electron chi connectivity index (χ2n) is 6.79. The van der Waals surface area contributed by atoms with Crippen LogP contribution in [0.15, 0.2) is 29.3 Å². The van der Waals surface area contributed by atoms with Gasteiger partial charge in [0.25, 0.3) is 16.1 Å². The Labute approximate surface area is 179 Å². The van der Waals surface area contributed by atoms with Crippen molar-refractivity contribution in [2.75, 3.05) is 25.5 Å². The average molecular weight is 480 g/mol. The lowest BCUT2D eigenvalue weighted by molar-refractivity contribution is 0.101. The zero-order valence-electron chi connectivity index (χ0n) is 16.5. The monoisotopic (exact) mass is 479 g/mol. The van der Waals surface area contributed by atoms with Gasteiger partial charge in [-0.25, -0.2) is 26.8 Å². The predicted octanol–water partition coefficient (Wildman–Crippen LogP) is 0.845. The van der Waals surface area contributed by atoms with E-state index >= 15 is 0 Å². The molecule has 14 heteroatoms. The number of benzene rings is 1. The Morgan fingerprint density at radius 1 is 1.23 bits per heavy atom. The number of aryl methyl sites for hydroxylation is 1. The van der Waals surface area contributed by atoms with Crippen LogP contribution in [0.1, 0.15) is 16.9 Å². The van der Waals surface area contributed by atoms with Crippen LogP contribution >= 0.6 is 0 Å². The Kier molecular flexibility index (Phi) is 6.85. The van der Waals surface area contributed by atoms with Gasteiger partial charge in [0.15, 0.2) is 17.5 Å². The summed E-state index contributed by atoms with van der Waals surface area (Å²) in [6.45, 7) is 0.254. The Bertz CT molecular complexity index is 1140. The van der Waals surface area contributed by atoms with E-state index in [0.29, 0.717) is 6.42 Å². The molecular formula is C17H20F3N5O4S2. The lowest BCUT2D eigenvalue weighted by Gasteiger charge is -2.15. The molecule has 1 amide bonds. The molecule has 170 valence electrons. The van der Waals surface area contributed by atoms with Crippen LogP contribution in [0.25, 0.3) is 0 Å². The first-order chi connectivity index (χ1) is 14.5. The molecule has 1 fully saturated rings. The number of nitrogens with one attached hydrogen (secondary N) is 3. The number of anilines is 1. The van der Waals surface area contributed by atoms with Crippen LogP contribution in [0, 0.1) is 17.5 Å². The summed E-state index contributed by atoms with van der Waals surface area (Å²) >= 11 is 0. The smallest absolute Gasteiger partial charge is 0.279 e. The van der Waals surface area contributed by atoms with Gasteiger partial charge in [0.1, 0.15) is 21.6 Å². The third-order valence-corrected chi connectivity index (χ3v) is 7.46. The Morgan fingerprint density at radius 2 is 1.94 bits per heavy atom. The Balaban J connectivity index is 1.72. The van der Waals surface area contributed by atoms with E-state index in [1.165, 1.54) is 18.4 Å². The molecular weight excluding hydrogens is 459 g/mol. The standard InChI is InChI=1S/C17H20F3N5O4S2/c1-21-31(28,29)25-6-5-11(8-25)23-30(27)14-9-24(2)16(15(14)20)17(26)22-10-3-4-12(18)13(19)7-10/h3-4,7,9,11,21,23H,5-6,8H2,1-2H3,(H,22,26). The summed E-state index contributed by atoms with van der Waals surface area (Å²) in [6, 6.07) is 2.20.